The molecule has 1 aromatic carbocycles. The van der Waals surface area contributed by atoms with E-state index in [1.807, 2.05) is 35.2 Å². The van der Waals surface area contributed by atoms with Crippen molar-refractivity contribution in [2.24, 2.45) is 5.92 Å². The summed E-state index contributed by atoms with van der Waals surface area (Å²) in [6, 6.07) is 11.8. The van der Waals surface area contributed by atoms with E-state index in [0.717, 1.165) is 40.7 Å². The van der Waals surface area contributed by atoms with E-state index in [0.29, 0.717) is 31.0 Å². The van der Waals surface area contributed by atoms with E-state index in [-0.39, 0.29) is 11.9 Å². The molecule has 1 fully saturated rings. The highest BCUT2D eigenvalue weighted by molar-refractivity contribution is 9.10. The van der Waals surface area contributed by atoms with Gasteiger partial charge < -0.3 is 4.90 Å². The highest BCUT2D eigenvalue weighted by atomic mass is 79.9. The molecule has 1 atom stereocenters. The zero-order chi connectivity index (χ0) is 18.1. The number of ketones is 1. The first-order valence-electron chi connectivity index (χ1n) is 9.14. The fraction of sp³-hybridized carbons (Fsp3) is 0.381. The SMILES string of the molecule is O=C1CCC(CN2C(=O)c3ccccc3C2Cc2ncccc2Br)CC1. The van der Waals surface area contributed by atoms with Crippen LogP contribution in [0.5, 0.6) is 0 Å². The zero-order valence-electron chi connectivity index (χ0n) is 14.5. The number of Topliss-reactive ketones (excluding diaryl/α,β-unsaturated/α-hetero) is 1. The molecule has 0 N–H and O–H groups in total. The second-order valence-corrected chi connectivity index (χ2v) is 8.03. The van der Waals surface area contributed by atoms with E-state index >= 15 is 0 Å². The van der Waals surface area contributed by atoms with Gasteiger partial charge in [0.05, 0.1) is 11.7 Å². The van der Waals surface area contributed by atoms with Gasteiger partial charge in [-0.3, -0.25) is 14.6 Å². The summed E-state index contributed by atoms with van der Waals surface area (Å²) in [5, 5.41) is 0. The Bertz CT molecular complexity index is 841. The number of carbonyl (C=O) groups is 2. The van der Waals surface area contributed by atoms with Crippen LogP contribution in [0.1, 0.15) is 53.3 Å². The van der Waals surface area contributed by atoms with Gasteiger partial charge in [0, 0.05) is 42.0 Å². The van der Waals surface area contributed by atoms with Crippen LogP contribution in [-0.2, 0) is 11.2 Å². The van der Waals surface area contributed by atoms with Crippen LogP contribution in [0.2, 0.25) is 0 Å². The summed E-state index contributed by atoms with van der Waals surface area (Å²) in [6.45, 7) is 0.718. The molecule has 4 rings (SSSR count). The lowest BCUT2D eigenvalue weighted by Crippen LogP contribution is -2.35. The number of benzene rings is 1. The summed E-state index contributed by atoms with van der Waals surface area (Å²) in [6.07, 6.45) is 5.56. The first kappa shape index (κ1) is 17.4. The molecule has 4 nitrogen and oxygen atoms in total. The third-order valence-corrected chi connectivity index (χ3v) is 6.25. The van der Waals surface area contributed by atoms with Crippen molar-refractivity contribution in [3.63, 3.8) is 0 Å². The van der Waals surface area contributed by atoms with E-state index in [2.05, 4.69) is 27.0 Å². The predicted molar refractivity (Wildman–Crippen MR) is 103 cm³/mol. The number of carbonyl (C=O) groups excluding carboxylic acids is 2. The van der Waals surface area contributed by atoms with Gasteiger partial charge in [-0.2, -0.15) is 0 Å². The summed E-state index contributed by atoms with van der Waals surface area (Å²) in [5.74, 6) is 0.862. The Hall–Kier alpha value is -2.01. The molecule has 0 bridgehead atoms. The molecule has 1 amide bonds. The zero-order valence-corrected chi connectivity index (χ0v) is 16.1. The third-order valence-electron chi connectivity index (χ3n) is 5.53. The highest BCUT2D eigenvalue weighted by Crippen LogP contribution is 2.38. The lowest BCUT2D eigenvalue weighted by molar-refractivity contribution is -0.121. The minimum atomic E-state index is 0.00234. The standard InChI is InChI=1S/C21H21BrN2O2/c22-18-6-3-11-23-19(18)12-20-16-4-1-2-5-17(16)21(26)24(20)13-14-7-9-15(25)10-8-14/h1-6,11,14,20H,7-10,12-13H2. The molecule has 26 heavy (non-hydrogen) atoms. The van der Waals surface area contributed by atoms with Crippen molar-refractivity contribution in [2.45, 2.75) is 38.1 Å². The molecule has 0 spiro atoms. The van der Waals surface area contributed by atoms with Gasteiger partial charge in [0.25, 0.3) is 5.91 Å². The van der Waals surface area contributed by atoms with Gasteiger partial charge in [0.15, 0.2) is 0 Å². The second kappa shape index (κ2) is 7.31. The van der Waals surface area contributed by atoms with Gasteiger partial charge >= 0.3 is 0 Å². The lowest BCUT2D eigenvalue weighted by atomic mass is 9.87. The summed E-state index contributed by atoms with van der Waals surface area (Å²) in [7, 11) is 0. The maximum Gasteiger partial charge on any atom is 0.254 e. The van der Waals surface area contributed by atoms with Crippen LogP contribution in [0.4, 0.5) is 0 Å². The molecule has 5 heteroatoms. The maximum absolute atomic E-state index is 13.0. The molecule has 1 saturated carbocycles. The lowest BCUT2D eigenvalue weighted by Gasteiger charge is -2.31. The second-order valence-electron chi connectivity index (χ2n) is 7.18. The van der Waals surface area contributed by atoms with E-state index in [9.17, 15) is 9.59 Å². The van der Waals surface area contributed by atoms with E-state index in [4.69, 9.17) is 0 Å². The van der Waals surface area contributed by atoms with E-state index < -0.39 is 0 Å². The molecular weight excluding hydrogens is 392 g/mol. The van der Waals surface area contributed by atoms with Gasteiger partial charge in [-0.15, -0.1) is 0 Å². The molecular formula is C21H21BrN2O2. The molecule has 1 aromatic heterocycles. The van der Waals surface area contributed by atoms with Crippen LogP contribution < -0.4 is 0 Å². The minimum absolute atomic E-state index is 0.00234. The Morgan fingerprint density at radius 1 is 1.08 bits per heavy atom. The molecule has 1 aliphatic carbocycles. The van der Waals surface area contributed by atoms with Gasteiger partial charge in [-0.05, 0) is 58.5 Å². The van der Waals surface area contributed by atoms with Crippen molar-refractivity contribution in [2.75, 3.05) is 6.54 Å². The van der Waals surface area contributed by atoms with Gasteiger partial charge in [-0.25, -0.2) is 0 Å². The summed E-state index contributed by atoms with van der Waals surface area (Å²) in [4.78, 5) is 31.1. The van der Waals surface area contributed by atoms with Crippen LogP contribution >= 0.6 is 15.9 Å². The number of rotatable bonds is 4. The largest absolute Gasteiger partial charge is 0.331 e. The summed E-state index contributed by atoms with van der Waals surface area (Å²) in [5.41, 5.74) is 2.85. The number of aromatic nitrogens is 1. The minimum Gasteiger partial charge on any atom is -0.331 e. The number of fused-ring (bicyclic) bond motifs is 1. The average molecular weight is 413 g/mol. The van der Waals surface area contributed by atoms with Crippen molar-refractivity contribution < 1.29 is 9.59 Å². The Balaban J connectivity index is 1.62. The number of nitrogens with zero attached hydrogens (tertiary/aromatic N) is 2. The molecule has 2 heterocycles. The van der Waals surface area contributed by atoms with Crippen molar-refractivity contribution in [1.29, 1.82) is 0 Å². The normalized spacial score (nSPS) is 20.5. The highest BCUT2D eigenvalue weighted by Gasteiger charge is 2.38. The van der Waals surface area contributed by atoms with E-state index in [1.54, 1.807) is 6.20 Å². The third kappa shape index (κ3) is 3.32. The Morgan fingerprint density at radius 2 is 1.85 bits per heavy atom. The molecule has 2 aromatic rings. The number of amides is 1. The number of pyridine rings is 1. The number of hydrogen-bond donors (Lipinski definition) is 0. The predicted octanol–water partition coefficient (Wildman–Crippen LogP) is 4.34. The quantitative estimate of drug-likeness (QED) is 0.749. The topological polar surface area (TPSA) is 50.3 Å². The fourth-order valence-corrected chi connectivity index (χ4v) is 4.51. The number of halogens is 1. The monoisotopic (exact) mass is 412 g/mol. The summed E-state index contributed by atoms with van der Waals surface area (Å²) < 4.78 is 0.972. The maximum atomic E-state index is 13.0. The Kier molecular flexibility index (Phi) is 4.90. The fourth-order valence-electron chi connectivity index (χ4n) is 4.09. The van der Waals surface area contributed by atoms with Crippen molar-refractivity contribution in [3.8, 4) is 0 Å². The Morgan fingerprint density at radius 3 is 2.62 bits per heavy atom. The van der Waals surface area contributed by atoms with Gasteiger partial charge in [0.1, 0.15) is 5.78 Å². The van der Waals surface area contributed by atoms with Crippen LogP contribution in [0.15, 0.2) is 47.1 Å². The van der Waals surface area contributed by atoms with Crippen LogP contribution in [0, 0.1) is 5.92 Å². The first-order chi connectivity index (χ1) is 12.6. The van der Waals surface area contributed by atoms with Gasteiger partial charge in [-0.1, -0.05) is 18.2 Å². The molecule has 1 aliphatic heterocycles. The van der Waals surface area contributed by atoms with Crippen molar-refractivity contribution in [1.82, 2.24) is 9.88 Å². The van der Waals surface area contributed by atoms with Crippen LogP contribution in [0.3, 0.4) is 0 Å². The molecule has 0 radical (unpaired) electrons. The molecule has 0 saturated heterocycles. The molecule has 1 unspecified atom stereocenters. The van der Waals surface area contributed by atoms with Crippen molar-refractivity contribution >= 4 is 27.6 Å². The van der Waals surface area contributed by atoms with Crippen molar-refractivity contribution in [3.05, 3.63) is 63.9 Å². The first-order valence-corrected chi connectivity index (χ1v) is 9.94. The van der Waals surface area contributed by atoms with Crippen LogP contribution in [-0.4, -0.2) is 28.1 Å². The molecule has 134 valence electrons. The smallest absolute Gasteiger partial charge is 0.254 e. The molecule has 2 aliphatic rings. The Labute approximate surface area is 161 Å². The van der Waals surface area contributed by atoms with Gasteiger partial charge in [0.2, 0.25) is 0 Å². The summed E-state index contributed by atoms with van der Waals surface area (Å²) >= 11 is 3.58. The van der Waals surface area contributed by atoms with Crippen LogP contribution in [0.25, 0.3) is 0 Å². The number of hydrogen-bond acceptors (Lipinski definition) is 3. The van der Waals surface area contributed by atoms with E-state index in [1.165, 1.54) is 0 Å². The average Bonchev–Trinajstić information content (AvgIpc) is 2.91.